The van der Waals surface area contributed by atoms with Gasteiger partial charge in [0.25, 0.3) is 5.56 Å². The Morgan fingerprint density at radius 3 is 2.85 bits per heavy atom. The van der Waals surface area contributed by atoms with Gasteiger partial charge >= 0.3 is 0 Å². The van der Waals surface area contributed by atoms with Gasteiger partial charge in [-0.15, -0.1) is 0 Å². The van der Waals surface area contributed by atoms with E-state index in [0.29, 0.717) is 13.1 Å². The Balaban J connectivity index is 1.82. The quantitative estimate of drug-likeness (QED) is 0.890. The molecule has 2 aromatic heterocycles. The first-order valence-electron chi connectivity index (χ1n) is 6.50. The highest BCUT2D eigenvalue weighted by Gasteiger charge is 2.03. The molecular weight excluding hydrogens is 254 g/mol. The van der Waals surface area contributed by atoms with Crippen LogP contribution in [0.2, 0.25) is 0 Å². The van der Waals surface area contributed by atoms with Gasteiger partial charge in [-0.2, -0.15) is 0 Å². The summed E-state index contributed by atoms with van der Waals surface area (Å²) in [6, 6.07) is 10.6. The van der Waals surface area contributed by atoms with E-state index in [0.717, 1.165) is 11.4 Å². The van der Waals surface area contributed by atoms with Gasteiger partial charge in [0.15, 0.2) is 0 Å². The first kappa shape index (κ1) is 14.0. The Kier molecular flexibility index (Phi) is 4.65. The number of amides is 1. The normalized spacial score (nSPS) is 10.2. The highest BCUT2D eigenvalue weighted by atomic mass is 16.1. The Morgan fingerprint density at radius 1 is 1.25 bits per heavy atom. The lowest BCUT2D eigenvalue weighted by Crippen LogP contribution is -2.26. The summed E-state index contributed by atoms with van der Waals surface area (Å²) < 4.78 is 1.52. The number of pyridine rings is 2. The Hall–Kier alpha value is -2.43. The Morgan fingerprint density at radius 2 is 2.10 bits per heavy atom. The summed E-state index contributed by atoms with van der Waals surface area (Å²) in [5, 5.41) is 2.80. The minimum atomic E-state index is -0.0966. The molecule has 1 amide bonds. The SMILES string of the molecule is Cc1cccc(CNC(=O)CCn2ccccc2=O)n1. The standard InChI is InChI=1S/C15H17N3O2/c1-12-5-4-6-13(17-12)11-16-14(19)8-10-18-9-3-2-7-15(18)20/h2-7,9H,8,10-11H2,1H3,(H,16,19). The van der Waals surface area contributed by atoms with Crippen LogP contribution in [0, 0.1) is 6.92 Å². The molecule has 0 aliphatic heterocycles. The fourth-order valence-electron chi connectivity index (χ4n) is 1.84. The van der Waals surface area contributed by atoms with Crippen LogP contribution in [0.15, 0.2) is 47.4 Å². The number of carbonyl (C=O) groups is 1. The number of carbonyl (C=O) groups excluding carboxylic acids is 1. The molecule has 104 valence electrons. The summed E-state index contributed by atoms with van der Waals surface area (Å²) in [5.41, 5.74) is 1.66. The molecule has 0 fully saturated rings. The second-order valence-electron chi connectivity index (χ2n) is 4.53. The number of hydrogen-bond acceptors (Lipinski definition) is 3. The summed E-state index contributed by atoms with van der Waals surface area (Å²) in [5.74, 6) is -0.0935. The third-order valence-corrected chi connectivity index (χ3v) is 2.89. The van der Waals surface area contributed by atoms with E-state index >= 15 is 0 Å². The van der Waals surface area contributed by atoms with E-state index in [2.05, 4.69) is 10.3 Å². The first-order valence-corrected chi connectivity index (χ1v) is 6.50. The van der Waals surface area contributed by atoms with Crippen molar-refractivity contribution in [1.82, 2.24) is 14.9 Å². The van der Waals surface area contributed by atoms with Crippen LogP contribution < -0.4 is 10.9 Å². The lowest BCUT2D eigenvalue weighted by atomic mass is 10.3. The summed E-state index contributed by atoms with van der Waals surface area (Å²) in [4.78, 5) is 27.5. The molecule has 2 rings (SSSR count). The topological polar surface area (TPSA) is 64.0 Å². The van der Waals surface area contributed by atoms with Crippen LogP contribution in [-0.2, 0) is 17.9 Å². The van der Waals surface area contributed by atoms with Gasteiger partial charge in [-0.25, -0.2) is 0 Å². The fourth-order valence-corrected chi connectivity index (χ4v) is 1.84. The van der Waals surface area contributed by atoms with Crippen molar-refractivity contribution in [2.45, 2.75) is 26.4 Å². The molecule has 2 aromatic rings. The monoisotopic (exact) mass is 271 g/mol. The lowest BCUT2D eigenvalue weighted by molar-refractivity contribution is -0.121. The Labute approximate surface area is 117 Å². The van der Waals surface area contributed by atoms with Gasteiger partial charge < -0.3 is 9.88 Å². The zero-order valence-electron chi connectivity index (χ0n) is 11.4. The van der Waals surface area contributed by atoms with Gasteiger partial charge in [0.1, 0.15) is 0 Å². The molecular formula is C15H17N3O2. The van der Waals surface area contributed by atoms with Crippen LogP contribution >= 0.6 is 0 Å². The summed E-state index contributed by atoms with van der Waals surface area (Å²) in [7, 11) is 0. The zero-order chi connectivity index (χ0) is 14.4. The maximum atomic E-state index is 11.7. The minimum Gasteiger partial charge on any atom is -0.350 e. The van der Waals surface area contributed by atoms with Crippen LogP contribution in [0.1, 0.15) is 17.8 Å². The average molecular weight is 271 g/mol. The molecule has 20 heavy (non-hydrogen) atoms. The molecule has 5 nitrogen and oxygen atoms in total. The van der Waals surface area contributed by atoms with E-state index in [9.17, 15) is 9.59 Å². The van der Waals surface area contributed by atoms with Crippen molar-refractivity contribution in [2.75, 3.05) is 0 Å². The van der Waals surface area contributed by atoms with E-state index in [4.69, 9.17) is 0 Å². The van der Waals surface area contributed by atoms with Crippen LogP contribution in [0.4, 0.5) is 0 Å². The van der Waals surface area contributed by atoms with Gasteiger partial charge in [-0.1, -0.05) is 12.1 Å². The predicted octanol–water partition coefficient (Wildman–Crippen LogP) is 1.26. The maximum Gasteiger partial charge on any atom is 0.250 e. The second kappa shape index (κ2) is 6.65. The number of aromatic nitrogens is 2. The van der Waals surface area contributed by atoms with Crippen molar-refractivity contribution in [3.8, 4) is 0 Å². The zero-order valence-corrected chi connectivity index (χ0v) is 11.4. The number of hydrogen-bond donors (Lipinski definition) is 1. The van der Waals surface area contributed by atoms with Gasteiger partial charge in [0.05, 0.1) is 12.2 Å². The average Bonchev–Trinajstić information content (AvgIpc) is 2.44. The van der Waals surface area contributed by atoms with E-state index in [1.165, 1.54) is 10.6 Å². The Bertz CT molecular complexity index is 649. The van der Waals surface area contributed by atoms with Crippen molar-refractivity contribution in [3.63, 3.8) is 0 Å². The molecule has 0 aliphatic rings. The fraction of sp³-hybridized carbons (Fsp3) is 0.267. The second-order valence-corrected chi connectivity index (χ2v) is 4.53. The number of aryl methyl sites for hydroxylation is 2. The van der Waals surface area contributed by atoms with Crippen molar-refractivity contribution in [1.29, 1.82) is 0 Å². The maximum absolute atomic E-state index is 11.7. The van der Waals surface area contributed by atoms with E-state index in [1.807, 2.05) is 25.1 Å². The lowest BCUT2D eigenvalue weighted by Gasteiger charge is -2.07. The summed E-state index contributed by atoms with van der Waals surface area (Å²) in [6.45, 7) is 2.70. The predicted molar refractivity (Wildman–Crippen MR) is 76.1 cm³/mol. The molecule has 5 heteroatoms. The van der Waals surface area contributed by atoms with E-state index in [1.54, 1.807) is 18.3 Å². The van der Waals surface area contributed by atoms with Gasteiger partial charge in [-0.05, 0) is 25.1 Å². The summed E-state index contributed by atoms with van der Waals surface area (Å²) in [6.07, 6.45) is 1.95. The minimum absolute atomic E-state index is 0.0935. The van der Waals surface area contributed by atoms with Crippen LogP contribution in [0.5, 0.6) is 0 Å². The molecule has 0 aliphatic carbocycles. The molecule has 1 N–H and O–H groups in total. The van der Waals surface area contributed by atoms with Crippen LogP contribution in [0.3, 0.4) is 0 Å². The highest BCUT2D eigenvalue weighted by Crippen LogP contribution is 1.98. The van der Waals surface area contributed by atoms with E-state index < -0.39 is 0 Å². The molecule has 0 spiro atoms. The van der Waals surface area contributed by atoms with Gasteiger partial charge in [0.2, 0.25) is 5.91 Å². The molecule has 0 atom stereocenters. The van der Waals surface area contributed by atoms with Crippen LogP contribution in [0.25, 0.3) is 0 Å². The third-order valence-electron chi connectivity index (χ3n) is 2.89. The number of nitrogens with zero attached hydrogens (tertiary/aromatic N) is 2. The number of nitrogens with one attached hydrogen (secondary N) is 1. The molecule has 0 aromatic carbocycles. The largest absolute Gasteiger partial charge is 0.350 e. The van der Waals surface area contributed by atoms with Crippen molar-refractivity contribution in [2.24, 2.45) is 0 Å². The van der Waals surface area contributed by atoms with E-state index in [-0.39, 0.29) is 17.9 Å². The molecule has 0 radical (unpaired) electrons. The van der Waals surface area contributed by atoms with Crippen molar-refractivity contribution in [3.05, 3.63) is 64.3 Å². The van der Waals surface area contributed by atoms with Crippen molar-refractivity contribution < 1.29 is 4.79 Å². The van der Waals surface area contributed by atoms with Gasteiger partial charge in [-0.3, -0.25) is 14.6 Å². The van der Waals surface area contributed by atoms with Gasteiger partial charge in [0, 0.05) is 30.9 Å². The third kappa shape index (κ3) is 4.05. The molecule has 0 bridgehead atoms. The van der Waals surface area contributed by atoms with Crippen molar-refractivity contribution >= 4 is 5.91 Å². The summed E-state index contributed by atoms with van der Waals surface area (Å²) >= 11 is 0. The number of rotatable bonds is 5. The highest BCUT2D eigenvalue weighted by molar-refractivity contribution is 5.75. The first-order chi connectivity index (χ1) is 9.65. The molecule has 2 heterocycles. The molecule has 0 saturated heterocycles. The molecule has 0 saturated carbocycles. The smallest absolute Gasteiger partial charge is 0.250 e. The molecule has 0 unspecified atom stereocenters. The van der Waals surface area contributed by atoms with Crippen LogP contribution in [-0.4, -0.2) is 15.5 Å².